The van der Waals surface area contributed by atoms with Crippen LogP contribution in [-0.4, -0.2) is 41.2 Å². The Morgan fingerprint density at radius 3 is 2.34 bits per heavy atom. The van der Waals surface area contributed by atoms with Crippen molar-refractivity contribution in [3.05, 3.63) is 78.4 Å². The first-order valence-corrected chi connectivity index (χ1v) is 12.8. The van der Waals surface area contributed by atoms with Crippen LogP contribution in [0.2, 0.25) is 0 Å². The Kier molecular flexibility index (Phi) is 7.45. The summed E-state index contributed by atoms with van der Waals surface area (Å²) in [5.41, 5.74) is 1.21. The van der Waals surface area contributed by atoms with Crippen LogP contribution in [-0.2, 0) is 14.8 Å². The first-order chi connectivity index (χ1) is 16.9. The Hall–Kier alpha value is -3.72. The van der Waals surface area contributed by atoms with Crippen molar-refractivity contribution in [1.82, 2.24) is 5.32 Å². The molecule has 0 aromatic heterocycles. The van der Waals surface area contributed by atoms with Crippen LogP contribution in [0.1, 0.15) is 24.9 Å². The fourth-order valence-electron chi connectivity index (χ4n) is 3.85. The normalized spacial score (nSPS) is 13.5. The molecule has 8 nitrogen and oxygen atoms in total. The van der Waals surface area contributed by atoms with Gasteiger partial charge in [-0.2, -0.15) is 0 Å². The van der Waals surface area contributed by atoms with Gasteiger partial charge in [0.15, 0.2) is 11.5 Å². The number of fused-ring (bicyclic) bond motifs is 1. The number of methoxy groups -OCH3 is 1. The van der Waals surface area contributed by atoms with Gasteiger partial charge in [-0.25, -0.2) is 8.42 Å². The molecule has 0 radical (unpaired) electrons. The number of rotatable bonds is 9. The highest BCUT2D eigenvalue weighted by molar-refractivity contribution is 7.92. The number of nitrogens with one attached hydrogen (secondary N) is 1. The molecule has 184 valence electrons. The van der Waals surface area contributed by atoms with E-state index in [0.717, 1.165) is 9.87 Å². The molecule has 1 aliphatic rings. The summed E-state index contributed by atoms with van der Waals surface area (Å²) in [6.45, 7) is 2.34. The van der Waals surface area contributed by atoms with Crippen molar-refractivity contribution >= 4 is 21.6 Å². The minimum Gasteiger partial charge on any atom is -0.497 e. The molecule has 1 amide bonds. The monoisotopic (exact) mass is 496 g/mol. The molecule has 0 saturated carbocycles. The van der Waals surface area contributed by atoms with Gasteiger partial charge >= 0.3 is 0 Å². The molecule has 0 saturated heterocycles. The third-order valence-electron chi connectivity index (χ3n) is 5.69. The second-order valence-corrected chi connectivity index (χ2v) is 9.82. The second-order valence-electron chi connectivity index (χ2n) is 7.95. The van der Waals surface area contributed by atoms with Gasteiger partial charge in [0, 0.05) is 6.07 Å². The average molecular weight is 497 g/mol. The Labute approximate surface area is 205 Å². The van der Waals surface area contributed by atoms with Crippen LogP contribution in [0.4, 0.5) is 5.69 Å². The lowest BCUT2D eigenvalue weighted by Gasteiger charge is -2.27. The van der Waals surface area contributed by atoms with Gasteiger partial charge in [-0.3, -0.25) is 9.10 Å². The zero-order valence-corrected chi connectivity index (χ0v) is 20.5. The van der Waals surface area contributed by atoms with Gasteiger partial charge in [0.25, 0.3) is 10.0 Å². The topological polar surface area (TPSA) is 94.2 Å². The van der Waals surface area contributed by atoms with E-state index in [1.807, 2.05) is 31.2 Å². The Morgan fingerprint density at radius 1 is 1.00 bits per heavy atom. The number of hydrogen-bond acceptors (Lipinski definition) is 6. The van der Waals surface area contributed by atoms with Crippen LogP contribution in [0, 0.1) is 0 Å². The summed E-state index contributed by atoms with van der Waals surface area (Å²) in [5, 5.41) is 2.96. The minimum atomic E-state index is -4.03. The van der Waals surface area contributed by atoms with Crippen LogP contribution in [0.15, 0.2) is 77.7 Å². The second kappa shape index (κ2) is 10.7. The molecule has 1 unspecified atom stereocenters. The third-order valence-corrected chi connectivity index (χ3v) is 7.48. The summed E-state index contributed by atoms with van der Waals surface area (Å²) in [7, 11) is -2.44. The molecule has 1 heterocycles. The summed E-state index contributed by atoms with van der Waals surface area (Å²) in [6, 6.07) is 20.0. The number of carbonyl (C=O) groups is 1. The molecular weight excluding hydrogens is 468 g/mol. The summed E-state index contributed by atoms with van der Waals surface area (Å²) in [4.78, 5) is 13.2. The number of benzene rings is 3. The van der Waals surface area contributed by atoms with Crippen LogP contribution in [0.5, 0.6) is 17.2 Å². The van der Waals surface area contributed by atoms with Gasteiger partial charge in [0.05, 0.1) is 23.7 Å². The van der Waals surface area contributed by atoms with E-state index in [1.54, 1.807) is 43.5 Å². The highest BCUT2D eigenvalue weighted by Crippen LogP contribution is 2.35. The highest BCUT2D eigenvalue weighted by atomic mass is 32.2. The fourth-order valence-corrected chi connectivity index (χ4v) is 5.28. The van der Waals surface area contributed by atoms with Gasteiger partial charge in [0.1, 0.15) is 25.5 Å². The van der Waals surface area contributed by atoms with E-state index in [0.29, 0.717) is 42.6 Å². The van der Waals surface area contributed by atoms with Crippen molar-refractivity contribution in [2.75, 3.05) is 31.2 Å². The van der Waals surface area contributed by atoms with E-state index in [1.165, 1.54) is 12.1 Å². The van der Waals surface area contributed by atoms with Crippen molar-refractivity contribution in [3.8, 4) is 17.2 Å². The quantitative estimate of drug-likeness (QED) is 0.483. The van der Waals surface area contributed by atoms with Crippen molar-refractivity contribution in [1.29, 1.82) is 0 Å². The predicted octanol–water partition coefficient (Wildman–Crippen LogP) is 3.93. The van der Waals surface area contributed by atoms with Gasteiger partial charge in [-0.1, -0.05) is 37.3 Å². The van der Waals surface area contributed by atoms with Crippen molar-refractivity contribution in [2.24, 2.45) is 0 Å². The maximum Gasteiger partial charge on any atom is 0.264 e. The molecule has 0 spiro atoms. The van der Waals surface area contributed by atoms with Crippen molar-refractivity contribution in [3.63, 3.8) is 0 Å². The summed E-state index contributed by atoms with van der Waals surface area (Å²) in [5.74, 6) is 1.26. The maximum atomic E-state index is 13.6. The first-order valence-electron chi connectivity index (χ1n) is 11.3. The first kappa shape index (κ1) is 24.4. The summed E-state index contributed by atoms with van der Waals surface area (Å²) < 4.78 is 44.7. The Morgan fingerprint density at radius 2 is 1.69 bits per heavy atom. The molecule has 0 fully saturated rings. The SMILES string of the molecule is CCC(NC(=O)CN(c1ccc2c(c1)OCCO2)S(=O)(=O)c1ccccc1)c1ccc(OC)cc1. The zero-order valence-electron chi connectivity index (χ0n) is 19.6. The molecule has 9 heteroatoms. The lowest BCUT2D eigenvalue weighted by atomic mass is 10.0. The number of anilines is 1. The third kappa shape index (κ3) is 5.51. The summed E-state index contributed by atoms with van der Waals surface area (Å²) in [6.07, 6.45) is 0.632. The molecule has 1 aliphatic heterocycles. The van der Waals surface area contributed by atoms with E-state index in [9.17, 15) is 13.2 Å². The Bertz CT molecular complexity index is 1260. The molecule has 3 aromatic rings. The smallest absolute Gasteiger partial charge is 0.264 e. The number of hydrogen-bond donors (Lipinski definition) is 1. The predicted molar refractivity (Wildman–Crippen MR) is 133 cm³/mol. The molecule has 4 rings (SSSR count). The number of carbonyl (C=O) groups excluding carboxylic acids is 1. The van der Waals surface area contributed by atoms with Crippen molar-refractivity contribution in [2.45, 2.75) is 24.3 Å². The van der Waals surface area contributed by atoms with Crippen molar-refractivity contribution < 1.29 is 27.4 Å². The number of sulfonamides is 1. The maximum absolute atomic E-state index is 13.6. The lowest BCUT2D eigenvalue weighted by molar-refractivity contribution is -0.120. The van der Waals surface area contributed by atoms with Gasteiger partial charge < -0.3 is 19.5 Å². The molecule has 1 N–H and O–H groups in total. The molecule has 3 aromatic carbocycles. The molecule has 1 atom stereocenters. The van der Waals surface area contributed by atoms with Crippen LogP contribution in [0.25, 0.3) is 0 Å². The van der Waals surface area contributed by atoms with E-state index >= 15 is 0 Å². The number of ether oxygens (including phenoxy) is 3. The Balaban J connectivity index is 1.62. The lowest BCUT2D eigenvalue weighted by Crippen LogP contribution is -2.42. The van der Waals surface area contributed by atoms with Crippen LogP contribution < -0.4 is 23.8 Å². The van der Waals surface area contributed by atoms with E-state index < -0.39 is 22.5 Å². The highest BCUT2D eigenvalue weighted by Gasteiger charge is 2.29. The molecular formula is C26H28N2O6S. The molecule has 0 aliphatic carbocycles. The van der Waals surface area contributed by atoms with Crippen LogP contribution >= 0.6 is 0 Å². The van der Waals surface area contributed by atoms with Gasteiger partial charge in [-0.15, -0.1) is 0 Å². The van der Waals surface area contributed by atoms with E-state index in [4.69, 9.17) is 14.2 Å². The van der Waals surface area contributed by atoms with Gasteiger partial charge in [-0.05, 0) is 48.4 Å². The van der Waals surface area contributed by atoms with Gasteiger partial charge in [0.2, 0.25) is 5.91 Å². The average Bonchev–Trinajstić information content (AvgIpc) is 2.90. The molecule has 0 bridgehead atoms. The largest absolute Gasteiger partial charge is 0.497 e. The zero-order chi connectivity index (χ0) is 24.8. The minimum absolute atomic E-state index is 0.0879. The van der Waals surface area contributed by atoms with E-state index in [2.05, 4.69) is 5.32 Å². The number of nitrogens with zero attached hydrogens (tertiary/aromatic N) is 1. The molecule has 35 heavy (non-hydrogen) atoms. The number of amides is 1. The van der Waals surface area contributed by atoms with Crippen LogP contribution in [0.3, 0.4) is 0 Å². The standard InChI is InChI=1S/C26H28N2O6S/c1-3-23(19-9-12-21(32-2)13-10-19)27-26(29)18-28(35(30,31)22-7-5-4-6-8-22)20-11-14-24-25(17-20)34-16-15-33-24/h4-14,17,23H,3,15-16,18H2,1-2H3,(H,27,29). The van der Waals surface area contributed by atoms with E-state index in [-0.39, 0.29) is 10.9 Å². The summed E-state index contributed by atoms with van der Waals surface area (Å²) >= 11 is 0. The fraction of sp³-hybridized carbons (Fsp3) is 0.269.